The van der Waals surface area contributed by atoms with E-state index in [9.17, 15) is 4.79 Å². The molecule has 27 heavy (non-hydrogen) atoms. The standard InChI is InChI=1S/C21H24N4OS/c1-12-14-6-7-20(2,10-14)21(12,3)25-19-23-16(18(26)24-19)8-13-4-5-15-17(9-13)27-11-22-15/h4-5,8-9,11-12,14H,6-7,10H2,1-3H3,(H2,23,24,25,26)/b16-8-/t12?,14?,20?,21-/m1/s1. The van der Waals surface area contributed by atoms with Gasteiger partial charge in [0, 0.05) is 5.54 Å². The lowest BCUT2D eigenvalue weighted by Gasteiger charge is -2.47. The predicted molar refractivity (Wildman–Crippen MR) is 109 cm³/mol. The SMILES string of the molecule is CC1C2CCC(C)(C2)[C@]1(C)NC1=N/C(=C\c2ccc3ncsc3c2)C(=O)N1. The lowest BCUT2D eigenvalue weighted by atomic mass is 9.66. The van der Waals surface area contributed by atoms with Gasteiger partial charge in [0.15, 0.2) is 0 Å². The van der Waals surface area contributed by atoms with E-state index >= 15 is 0 Å². The van der Waals surface area contributed by atoms with Crippen LogP contribution in [0, 0.1) is 17.3 Å². The van der Waals surface area contributed by atoms with Gasteiger partial charge < -0.3 is 5.32 Å². The van der Waals surface area contributed by atoms with Gasteiger partial charge in [-0.25, -0.2) is 9.98 Å². The second kappa shape index (κ2) is 5.64. The number of hydrogen-bond donors (Lipinski definition) is 2. The summed E-state index contributed by atoms with van der Waals surface area (Å²) in [5.74, 6) is 1.78. The maximum absolute atomic E-state index is 12.5. The van der Waals surface area contributed by atoms with Gasteiger partial charge in [0.2, 0.25) is 5.96 Å². The quantitative estimate of drug-likeness (QED) is 0.776. The molecule has 3 aliphatic rings. The Hall–Kier alpha value is -2.21. The van der Waals surface area contributed by atoms with Crippen molar-refractivity contribution in [3.8, 4) is 0 Å². The second-order valence-electron chi connectivity index (χ2n) is 8.70. The van der Waals surface area contributed by atoms with E-state index in [1.54, 1.807) is 11.3 Å². The summed E-state index contributed by atoms with van der Waals surface area (Å²) in [6.45, 7) is 7.01. The van der Waals surface area contributed by atoms with E-state index in [4.69, 9.17) is 0 Å². The van der Waals surface area contributed by atoms with Crippen molar-refractivity contribution in [1.29, 1.82) is 0 Å². The molecule has 2 saturated carbocycles. The Balaban J connectivity index is 1.42. The van der Waals surface area contributed by atoms with Crippen molar-refractivity contribution >= 4 is 39.5 Å². The minimum absolute atomic E-state index is 0.0426. The maximum Gasteiger partial charge on any atom is 0.276 e. The molecule has 5 rings (SSSR count). The molecule has 4 atom stereocenters. The molecule has 2 N–H and O–H groups in total. The molecule has 1 amide bonds. The molecular formula is C21H24N4OS. The topological polar surface area (TPSA) is 66.4 Å². The van der Waals surface area contributed by atoms with E-state index in [1.165, 1.54) is 19.3 Å². The maximum atomic E-state index is 12.5. The summed E-state index contributed by atoms with van der Waals surface area (Å²) >= 11 is 1.60. The van der Waals surface area contributed by atoms with Gasteiger partial charge in [-0.3, -0.25) is 10.1 Å². The number of hydrogen-bond acceptors (Lipinski definition) is 5. The number of carbonyl (C=O) groups is 1. The molecule has 0 saturated heterocycles. The largest absolute Gasteiger partial charge is 0.350 e. The van der Waals surface area contributed by atoms with Crippen molar-refractivity contribution in [2.45, 2.75) is 45.6 Å². The first-order valence-electron chi connectivity index (χ1n) is 9.61. The molecule has 5 nitrogen and oxygen atoms in total. The van der Waals surface area contributed by atoms with Crippen molar-refractivity contribution in [3.63, 3.8) is 0 Å². The van der Waals surface area contributed by atoms with Crippen LogP contribution < -0.4 is 10.6 Å². The van der Waals surface area contributed by atoms with Crippen molar-refractivity contribution < 1.29 is 4.79 Å². The molecule has 140 valence electrons. The first kappa shape index (κ1) is 16.9. The minimum Gasteiger partial charge on any atom is -0.350 e. The Morgan fingerprint density at radius 1 is 1.37 bits per heavy atom. The molecule has 1 aromatic carbocycles. The van der Waals surface area contributed by atoms with Gasteiger partial charge in [0.1, 0.15) is 5.70 Å². The van der Waals surface area contributed by atoms with Crippen LogP contribution in [0.4, 0.5) is 0 Å². The van der Waals surface area contributed by atoms with Gasteiger partial charge in [0.05, 0.1) is 15.7 Å². The van der Waals surface area contributed by atoms with E-state index in [0.717, 1.165) is 21.7 Å². The van der Waals surface area contributed by atoms with Gasteiger partial charge in [-0.05, 0) is 67.2 Å². The van der Waals surface area contributed by atoms with Crippen LogP contribution in [-0.2, 0) is 4.79 Å². The number of nitrogens with zero attached hydrogens (tertiary/aromatic N) is 2. The van der Waals surface area contributed by atoms with Crippen LogP contribution in [-0.4, -0.2) is 22.4 Å². The number of carbonyl (C=O) groups excluding carboxylic acids is 1. The average molecular weight is 381 g/mol. The Morgan fingerprint density at radius 3 is 3.00 bits per heavy atom. The smallest absolute Gasteiger partial charge is 0.276 e. The third-order valence-corrected chi connectivity index (χ3v) is 8.18. The molecule has 2 heterocycles. The highest BCUT2D eigenvalue weighted by Crippen LogP contribution is 2.62. The molecule has 3 unspecified atom stereocenters. The summed E-state index contributed by atoms with van der Waals surface area (Å²) in [5, 5.41) is 6.54. The van der Waals surface area contributed by atoms with Gasteiger partial charge in [-0.15, -0.1) is 11.3 Å². The molecule has 0 spiro atoms. The molecular weight excluding hydrogens is 356 g/mol. The number of aromatic nitrogens is 1. The van der Waals surface area contributed by atoms with Crippen LogP contribution in [0.3, 0.4) is 0 Å². The lowest BCUT2D eigenvalue weighted by Crippen LogP contribution is -2.60. The molecule has 1 aromatic heterocycles. The van der Waals surface area contributed by atoms with Crippen molar-refractivity contribution in [2.75, 3.05) is 0 Å². The number of fused-ring (bicyclic) bond motifs is 3. The molecule has 2 bridgehead atoms. The Morgan fingerprint density at radius 2 is 2.22 bits per heavy atom. The third-order valence-electron chi connectivity index (χ3n) is 7.38. The first-order chi connectivity index (χ1) is 12.9. The predicted octanol–water partition coefficient (Wildman–Crippen LogP) is 3.93. The van der Waals surface area contributed by atoms with Crippen LogP contribution in [0.25, 0.3) is 16.3 Å². The average Bonchev–Trinajstić information content (AvgIpc) is 3.36. The van der Waals surface area contributed by atoms with Gasteiger partial charge >= 0.3 is 0 Å². The zero-order chi connectivity index (χ0) is 18.8. The van der Waals surface area contributed by atoms with Crippen LogP contribution in [0.15, 0.2) is 34.4 Å². The Kier molecular flexibility index (Phi) is 3.54. The van der Waals surface area contributed by atoms with E-state index in [0.29, 0.717) is 17.6 Å². The summed E-state index contributed by atoms with van der Waals surface area (Å²) < 4.78 is 1.11. The molecule has 2 aliphatic carbocycles. The normalized spacial score (nSPS) is 36.5. The van der Waals surface area contributed by atoms with Crippen LogP contribution in [0.5, 0.6) is 0 Å². The number of guanidine groups is 1. The number of rotatable bonds is 2. The fraction of sp³-hybridized carbons (Fsp3) is 0.476. The summed E-state index contributed by atoms with van der Waals surface area (Å²) in [4.78, 5) is 21.3. The molecule has 6 heteroatoms. The summed E-state index contributed by atoms with van der Waals surface area (Å²) in [5.41, 5.74) is 4.45. The Labute approximate surface area is 163 Å². The van der Waals surface area contributed by atoms with Crippen molar-refractivity contribution in [1.82, 2.24) is 15.6 Å². The number of benzene rings is 1. The zero-order valence-corrected chi connectivity index (χ0v) is 16.7. The summed E-state index contributed by atoms with van der Waals surface area (Å²) in [6.07, 6.45) is 5.66. The van der Waals surface area contributed by atoms with E-state index in [2.05, 4.69) is 47.4 Å². The molecule has 2 aromatic rings. The molecule has 0 radical (unpaired) electrons. The third kappa shape index (κ3) is 2.46. The van der Waals surface area contributed by atoms with Gasteiger partial charge in [0.25, 0.3) is 5.91 Å². The summed E-state index contributed by atoms with van der Waals surface area (Å²) in [7, 11) is 0. The zero-order valence-electron chi connectivity index (χ0n) is 15.9. The fourth-order valence-corrected chi connectivity index (χ4v) is 6.09. The van der Waals surface area contributed by atoms with Crippen LogP contribution >= 0.6 is 11.3 Å². The monoisotopic (exact) mass is 380 g/mol. The lowest BCUT2D eigenvalue weighted by molar-refractivity contribution is -0.115. The van der Waals surface area contributed by atoms with Gasteiger partial charge in [-0.1, -0.05) is 19.9 Å². The van der Waals surface area contributed by atoms with E-state index in [1.807, 2.05) is 23.7 Å². The highest BCUT2D eigenvalue weighted by molar-refractivity contribution is 7.16. The highest BCUT2D eigenvalue weighted by atomic mass is 32.1. The number of amides is 1. The number of aliphatic imine (C=N–C) groups is 1. The minimum atomic E-state index is -0.147. The van der Waals surface area contributed by atoms with E-state index in [-0.39, 0.29) is 16.9 Å². The van der Waals surface area contributed by atoms with E-state index < -0.39 is 0 Å². The number of thiazole rings is 1. The summed E-state index contributed by atoms with van der Waals surface area (Å²) in [6, 6.07) is 6.00. The fourth-order valence-electron chi connectivity index (χ4n) is 5.36. The molecule has 1 aliphatic heterocycles. The van der Waals surface area contributed by atoms with Crippen LogP contribution in [0.1, 0.15) is 45.6 Å². The van der Waals surface area contributed by atoms with Gasteiger partial charge in [-0.2, -0.15) is 0 Å². The first-order valence-corrected chi connectivity index (χ1v) is 10.5. The Bertz CT molecular complexity index is 1010. The molecule has 2 fully saturated rings. The number of nitrogens with one attached hydrogen (secondary N) is 2. The second-order valence-corrected chi connectivity index (χ2v) is 9.59. The van der Waals surface area contributed by atoms with Crippen molar-refractivity contribution in [2.24, 2.45) is 22.2 Å². The van der Waals surface area contributed by atoms with Crippen molar-refractivity contribution in [3.05, 3.63) is 35.0 Å². The highest BCUT2D eigenvalue weighted by Gasteiger charge is 2.61. The van der Waals surface area contributed by atoms with Crippen LogP contribution in [0.2, 0.25) is 0 Å².